The van der Waals surface area contributed by atoms with Gasteiger partial charge >= 0.3 is 0 Å². The summed E-state index contributed by atoms with van der Waals surface area (Å²) in [5, 5.41) is 0. The van der Waals surface area contributed by atoms with E-state index < -0.39 is 0 Å². The van der Waals surface area contributed by atoms with Gasteiger partial charge in [0.15, 0.2) is 0 Å². The predicted octanol–water partition coefficient (Wildman–Crippen LogP) is 2.26. The minimum absolute atomic E-state index is 0.103. The van der Waals surface area contributed by atoms with E-state index in [0.29, 0.717) is 0 Å². The van der Waals surface area contributed by atoms with Crippen LogP contribution < -0.4 is 10.5 Å². The number of ether oxygens (including phenoxy) is 1. The molecule has 0 saturated carbocycles. The summed E-state index contributed by atoms with van der Waals surface area (Å²) in [4.78, 5) is 5.28. The molecule has 3 nitrogen and oxygen atoms in total. The maximum absolute atomic E-state index is 6.14. The van der Waals surface area contributed by atoms with Crippen molar-refractivity contribution in [2.75, 3.05) is 7.11 Å². The number of benzene rings is 1. The van der Waals surface area contributed by atoms with Crippen molar-refractivity contribution in [3.8, 4) is 5.75 Å². The van der Waals surface area contributed by atoms with Crippen molar-refractivity contribution in [1.29, 1.82) is 0 Å². The van der Waals surface area contributed by atoms with Crippen LogP contribution in [0.25, 0.3) is 0 Å². The highest BCUT2D eigenvalue weighted by atomic mass is 32.1. The normalized spacial score (nSPS) is 12.4. The maximum Gasteiger partial charge on any atom is 0.122 e. The van der Waals surface area contributed by atoms with Crippen molar-refractivity contribution < 1.29 is 4.74 Å². The molecule has 1 unspecified atom stereocenters. The topological polar surface area (TPSA) is 48.1 Å². The number of hydrogen-bond donors (Lipinski definition) is 1. The fourth-order valence-corrected chi connectivity index (χ4v) is 2.52. The van der Waals surface area contributed by atoms with Crippen LogP contribution in [0.5, 0.6) is 5.75 Å². The smallest absolute Gasteiger partial charge is 0.122 e. The summed E-state index contributed by atoms with van der Waals surface area (Å²) in [6.45, 7) is 0. The van der Waals surface area contributed by atoms with E-state index in [0.717, 1.165) is 24.2 Å². The molecule has 0 aliphatic carbocycles. The van der Waals surface area contributed by atoms with Crippen LogP contribution in [0.15, 0.2) is 36.0 Å². The van der Waals surface area contributed by atoms with Crippen LogP contribution in [0.3, 0.4) is 0 Å². The van der Waals surface area contributed by atoms with Crippen molar-refractivity contribution >= 4 is 11.3 Å². The molecule has 0 fully saturated rings. The van der Waals surface area contributed by atoms with Crippen LogP contribution in [0.1, 0.15) is 10.4 Å². The Morgan fingerprint density at radius 1 is 1.35 bits per heavy atom. The predicted molar refractivity (Wildman–Crippen MR) is 70.5 cm³/mol. The molecule has 0 aliphatic rings. The highest BCUT2D eigenvalue weighted by molar-refractivity contribution is 7.09. The van der Waals surface area contributed by atoms with E-state index in [1.165, 1.54) is 4.88 Å². The second kappa shape index (κ2) is 5.80. The molecule has 17 heavy (non-hydrogen) atoms. The lowest BCUT2D eigenvalue weighted by Gasteiger charge is -2.13. The van der Waals surface area contributed by atoms with Gasteiger partial charge < -0.3 is 10.5 Å². The quantitative estimate of drug-likeness (QED) is 0.883. The molecule has 1 aromatic carbocycles. The van der Waals surface area contributed by atoms with E-state index in [1.54, 1.807) is 18.4 Å². The summed E-state index contributed by atoms with van der Waals surface area (Å²) in [7, 11) is 1.69. The molecule has 0 aliphatic heterocycles. The van der Waals surface area contributed by atoms with Gasteiger partial charge in [0.05, 0.1) is 12.6 Å². The van der Waals surface area contributed by atoms with E-state index in [2.05, 4.69) is 11.1 Å². The highest BCUT2D eigenvalue weighted by Gasteiger charge is 2.09. The molecule has 2 N–H and O–H groups in total. The summed E-state index contributed by atoms with van der Waals surface area (Å²) in [6.07, 6.45) is 3.57. The average Bonchev–Trinajstić information content (AvgIpc) is 2.82. The Balaban J connectivity index is 2.00. The number of aromatic nitrogens is 1. The Morgan fingerprint density at radius 2 is 2.18 bits per heavy atom. The molecule has 1 aromatic heterocycles. The summed E-state index contributed by atoms with van der Waals surface area (Å²) in [5.41, 5.74) is 9.14. The van der Waals surface area contributed by atoms with Gasteiger partial charge in [0.25, 0.3) is 0 Å². The van der Waals surface area contributed by atoms with E-state index >= 15 is 0 Å². The molecule has 0 bridgehead atoms. The Labute approximate surface area is 105 Å². The molecule has 0 saturated heterocycles. The molecule has 0 radical (unpaired) electrons. The van der Waals surface area contributed by atoms with Gasteiger partial charge in [0, 0.05) is 17.1 Å². The molecule has 0 spiro atoms. The number of hydrogen-bond acceptors (Lipinski definition) is 4. The summed E-state index contributed by atoms with van der Waals surface area (Å²) >= 11 is 1.65. The van der Waals surface area contributed by atoms with Gasteiger partial charge in [-0.3, -0.25) is 4.98 Å². The van der Waals surface area contributed by atoms with Crippen LogP contribution in [0.4, 0.5) is 0 Å². The van der Waals surface area contributed by atoms with Gasteiger partial charge in [0.2, 0.25) is 0 Å². The zero-order valence-electron chi connectivity index (χ0n) is 9.80. The number of rotatable bonds is 5. The molecular weight excluding hydrogens is 232 g/mol. The van der Waals surface area contributed by atoms with Crippen molar-refractivity contribution in [3.05, 3.63) is 46.4 Å². The van der Waals surface area contributed by atoms with Crippen LogP contribution in [0.2, 0.25) is 0 Å². The van der Waals surface area contributed by atoms with E-state index in [1.807, 2.05) is 29.9 Å². The minimum Gasteiger partial charge on any atom is -0.496 e. The van der Waals surface area contributed by atoms with E-state index in [-0.39, 0.29) is 6.04 Å². The van der Waals surface area contributed by atoms with E-state index in [9.17, 15) is 0 Å². The molecule has 2 aromatic rings. The first kappa shape index (κ1) is 12.1. The molecule has 1 heterocycles. The van der Waals surface area contributed by atoms with Gasteiger partial charge in [-0.2, -0.15) is 0 Å². The largest absolute Gasteiger partial charge is 0.496 e. The fraction of sp³-hybridized carbons (Fsp3) is 0.308. The summed E-state index contributed by atoms with van der Waals surface area (Å²) in [6, 6.07) is 8.11. The Bertz CT molecular complexity index is 456. The Morgan fingerprint density at radius 3 is 2.88 bits per heavy atom. The van der Waals surface area contributed by atoms with Crippen LogP contribution in [-0.4, -0.2) is 18.1 Å². The van der Waals surface area contributed by atoms with Crippen molar-refractivity contribution in [2.24, 2.45) is 5.73 Å². The molecule has 0 amide bonds. The number of thiazole rings is 1. The second-order valence-electron chi connectivity index (χ2n) is 3.95. The SMILES string of the molecule is COc1ccccc1CC(N)Cc1cncs1. The Kier molecular flexibility index (Phi) is 4.12. The first-order valence-electron chi connectivity index (χ1n) is 5.54. The standard InChI is InChI=1S/C13H16N2OS/c1-16-13-5-3-2-4-10(13)6-11(14)7-12-8-15-9-17-12/h2-5,8-9,11H,6-7,14H2,1H3. The van der Waals surface area contributed by atoms with Crippen LogP contribution in [-0.2, 0) is 12.8 Å². The lowest BCUT2D eigenvalue weighted by atomic mass is 10.0. The third kappa shape index (κ3) is 3.28. The van der Waals surface area contributed by atoms with Crippen molar-refractivity contribution in [3.63, 3.8) is 0 Å². The van der Waals surface area contributed by atoms with Crippen LogP contribution >= 0.6 is 11.3 Å². The van der Waals surface area contributed by atoms with Gasteiger partial charge in [-0.1, -0.05) is 18.2 Å². The van der Waals surface area contributed by atoms with Gasteiger partial charge in [-0.05, 0) is 24.5 Å². The van der Waals surface area contributed by atoms with Crippen molar-refractivity contribution in [1.82, 2.24) is 4.98 Å². The number of methoxy groups -OCH3 is 1. The number of para-hydroxylation sites is 1. The molecule has 90 valence electrons. The summed E-state index contributed by atoms with van der Waals surface area (Å²) in [5.74, 6) is 0.909. The van der Waals surface area contributed by atoms with Gasteiger partial charge in [-0.25, -0.2) is 0 Å². The monoisotopic (exact) mass is 248 g/mol. The van der Waals surface area contributed by atoms with Gasteiger partial charge in [-0.15, -0.1) is 11.3 Å². The van der Waals surface area contributed by atoms with Crippen molar-refractivity contribution in [2.45, 2.75) is 18.9 Å². The average molecular weight is 248 g/mol. The molecule has 1 atom stereocenters. The third-order valence-electron chi connectivity index (χ3n) is 2.62. The Hall–Kier alpha value is -1.39. The third-order valence-corrected chi connectivity index (χ3v) is 3.42. The second-order valence-corrected chi connectivity index (χ2v) is 4.92. The van der Waals surface area contributed by atoms with Crippen LogP contribution in [0, 0.1) is 0 Å². The lowest BCUT2D eigenvalue weighted by Crippen LogP contribution is -2.25. The molecule has 4 heteroatoms. The molecular formula is C13H16N2OS. The zero-order valence-corrected chi connectivity index (χ0v) is 10.6. The van der Waals surface area contributed by atoms with Gasteiger partial charge in [0.1, 0.15) is 5.75 Å². The summed E-state index contributed by atoms with van der Waals surface area (Å²) < 4.78 is 5.32. The van der Waals surface area contributed by atoms with E-state index in [4.69, 9.17) is 10.5 Å². The minimum atomic E-state index is 0.103. The number of nitrogens with zero attached hydrogens (tertiary/aromatic N) is 1. The number of nitrogens with two attached hydrogens (primary N) is 1. The maximum atomic E-state index is 6.14. The lowest BCUT2D eigenvalue weighted by molar-refractivity contribution is 0.408. The first-order valence-corrected chi connectivity index (χ1v) is 6.42. The molecule has 2 rings (SSSR count). The highest BCUT2D eigenvalue weighted by Crippen LogP contribution is 2.19. The fourth-order valence-electron chi connectivity index (χ4n) is 1.83. The first-order chi connectivity index (χ1) is 8.29. The zero-order chi connectivity index (χ0) is 12.1.